The standard InChI is InChI=1S/C21H20N4O6S/c1-2-31-20(27)13-3-5-16-18(11-13)32-21(22-16)23-19(26)15-12-14(25(28)29)4-6-17(15)24-7-9-30-10-8-24/h3-6,11-12H,2,7-10H2,1H3,(H,22,23,26). The molecular formula is C21H20N4O6S. The van der Waals surface area contributed by atoms with Crippen molar-refractivity contribution >= 4 is 49.9 Å². The van der Waals surface area contributed by atoms with Crippen molar-refractivity contribution in [1.82, 2.24) is 4.98 Å². The summed E-state index contributed by atoms with van der Waals surface area (Å²) in [6.45, 7) is 4.19. The molecule has 0 spiro atoms. The van der Waals surface area contributed by atoms with Gasteiger partial charge in [-0.2, -0.15) is 0 Å². The quantitative estimate of drug-likeness (QED) is 0.340. The fourth-order valence-electron chi connectivity index (χ4n) is 3.38. The highest BCUT2D eigenvalue weighted by molar-refractivity contribution is 7.22. The predicted molar refractivity (Wildman–Crippen MR) is 120 cm³/mol. The Labute approximate surface area is 186 Å². The van der Waals surface area contributed by atoms with E-state index in [2.05, 4.69) is 10.3 Å². The third kappa shape index (κ3) is 4.53. The van der Waals surface area contributed by atoms with Crippen molar-refractivity contribution < 1.29 is 24.0 Å². The molecule has 1 aliphatic heterocycles. The Balaban J connectivity index is 1.62. The van der Waals surface area contributed by atoms with E-state index in [1.807, 2.05) is 4.90 Å². The lowest BCUT2D eigenvalue weighted by atomic mass is 10.1. The van der Waals surface area contributed by atoms with Crippen LogP contribution in [0, 0.1) is 10.1 Å². The van der Waals surface area contributed by atoms with Crippen LogP contribution in [0.15, 0.2) is 36.4 Å². The molecule has 166 valence electrons. The van der Waals surface area contributed by atoms with Crippen molar-refractivity contribution in [2.24, 2.45) is 0 Å². The highest BCUT2D eigenvalue weighted by atomic mass is 32.1. The summed E-state index contributed by atoms with van der Waals surface area (Å²) in [5, 5.41) is 14.3. The van der Waals surface area contributed by atoms with Gasteiger partial charge in [0.1, 0.15) is 0 Å². The first-order valence-corrected chi connectivity index (χ1v) is 10.8. The van der Waals surface area contributed by atoms with E-state index in [0.29, 0.717) is 52.9 Å². The Morgan fingerprint density at radius 2 is 2.03 bits per heavy atom. The van der Waals surface area contributed by atoms with Crippen molar-refractivity contribution in [1.29, 1.82) is 0 Å². The SMILES string of the molecule is CCOC(=O)c1ccc2nc(NC(=O)c3cc([N+](=O)[O-])ccc3N3CCOCC3)sc2c1. The number of hydrogen-bond acceptors (Lipinski definition) is 9. The topological polar surface area (TPSA) is 124 Å². The van der Waals surface area contributed by atoms with Crippen molar-refractivity contribution in [3.8, 4) is 0 Å². The number of non-ortho nitro benzene ring substituents is 1. The first-order chi connectivity index (χ1) is 15.5. The van der Waals surface area contributed by atoms with E-state index in [9.17, 15) is 19.7 Å². The highest BCUT2D eigenvalue weighted by Gasteiger charge is 2.23. The molecule has 11 heteroatoms. The lowest BCUT2D eigenvalue weighted by Gasteiger charge is -2.30. The van der Waals surface area contributed by atoms with Gasteiger partial charge in [-0.15, -0.1) is 0 Å². The number of morpholine rings is 1. The second-order valence-corrected chi connectivity index (χ2v) is 7.96. The van der Waals surface area contributed by atoms with Crippen LogP contribution < -0.4 is 10.2 Å². The van der Waals surface area contributed by atoms with Gasteiger partial charge in [0.15, 0.2) is 5.13 Å². The first kappa shape index (κ1) is 21.7. The molecule has 1 aromatic heterocycles. The lowest BCUT2D eigenvalue weighted by molar-refractivity contribution is -0.384. The minimum Gasteiger partial charge on any atom is -0.462 e. The molecule has 1 N–H and O–H groups in total. The van der Waals surface area contributed by atoms with Gasteiger partial charge in [-0.25, -0.2) is 9.78 Å². The van der Waals surface area contributed by atoms with Gasteiger partial charge in [-0.05, 0) is 31.2 Å². The van der Waals surface area contributed by atoms with Gasteiger partial charge in [0.25, 0.3) is 11.6 Å². The number of anilines is 2. The lowest BCUT2D eigenvalue weighted by Crippen LogP contribution is -2.37. The van der Waals surface area contributed by atoms with E-state index < -0.39 is 16.8 Å². The van der Waals surface area contributed by atoms with Gasteiger partial charge < -0.3 is 14.4 Å². The number of fused-ring (bicyclic) bond motifs is 1. The predicted octanol–water partition coefficient (Wildman–Crippen LogP) is 3.47. The summed E-state index contributed by atoms with van der Waals surface area (Å²) in [6.07, 6.45) is 0. The van der Waals surface area contributed by atoms with Gasteiger partial charge in [0.2, 0.25) is 0 Å². The molecule has 1 fully saturated rings. The van der Waals surface area contributed by atoms with E-state index >= 15 is 0 Å². The number of ether oxygens (including phenoxy) is 2. The molecule has 1 saturated heterocycles. The molecule has 0 radical (unpaired) electrons. The second kappa shape index (κ2) is 9.28. The minimum absolute atomic E-state index is 0.171. The fourth-order valence-corrected chi connectivity index (χ4v) is 4.28. The van der Waals surface area contributed by atoms with E-state index in [4.69, 9.17) is 9.47 Å². The number of thiazole rings is 1. The van der Waals surface area contributed by atoms with Gasteiger partial charge in [-0.1, -0.05) is 11.3 Å². The Morgan fingerprint density at radius 1 is 1.25 bits per heavy atom. The molecule has 1 aliphatic rings. The van der Waals surface area contributed by atoms with Crippen molar-refractivity contribution in [3.63, 3.8) is 0 Å². The van der Waals surface area contributed by atoms with Crippen LogP contribution in [0.3, 0.4) is 0 Å². The molecule has 32 heavy (non-hydrogen) atoms. The summed E-state index contributed by atoms with van der Waals surface area (Å²) in [6, 6.07) is 9.20. The van der Waals surface area contributed by atoms with Crippen LogP contribution in [0.1, 0.15) is 27.6 Å². The number of rotatable bonds is 6. The smallest absolute Gasteiger partial charge is 0.338 e. The van der Waals surface area contributed by atoms with Crippen LogP contribution >= 0.6 is 11.3 Å². The van der Waals surface area contributed by atoms with Crippen LogP contribution in [0.2, 0.25) is 0 Å². The summed E-state index contributed by atoms with van der Waals surface area (Å²) in [4.78, 5) is 42.1. The Bertz CT molecular complexity index is 1190. The molecule has 0 saturated carbocycles. The number of nitro benzene ring substituents is 1. The summed E-state index contributed by atoms with van der Waals surface area (Å²) in [5.41, 5.74) is 1.63. The van der Waals surface area contributed by atoms with E-state index in [1.54, 1.807) is 31.2 Å². The summed E-state index contributed by atoms with van der Waals surface area (Å²) < 4.78 is 11.1. The number of benzene rings is 2. The largest absolute Gasteiger partial charge is 0.462 e. The molecule has 2 aromatic carbocycles. The highest BCUT2D eigenvalue weighted by Crippen LogP contribution is 2.30. The minimum atomic E-state index is -0.533. The first-order valence-electron chi connectivity index (χ1n) is 9.96. The maximum Gasteiger partial charge on any atom is 0.338 e. The Hall–Kier alpha value is -3.57. The summed E-state index contributed by atoms with van der Waals surface area (Å²) in [7, 11) is 0. The fraction of sp³-hybridized carbons (Fsp3) is 0.286. The van der Waals surface area contributed by atoms with Crippen molar-refractivity contribution in [2.45, 2.75) is 6.92 Å². The normalized spacial score (nSPS) is 13.7. The molecule has 0 aliphatic carbocycles. The zero-order valence-corrected chi connectivity index (χ0v) is 18.0. The van der Waals surface area contributed by atoms with Crippen LogP contribution in [-0.2, 0) is 9.47 Å². The number of esters is 1. The summed E-state index contributed by atoms with van der Waals surface area (Å²) in [5.74, 6) is -0.931. The number of hydrogen-bond donors (Lipinski definition) is 1. The molecule has 0 bridgehead atoms. The average molecular weight is 456 g/mol. The van der Waals surface area contributed by atoms with E-state index in [0.717, 1.165) is 0 Å². The number of nitrogens with zero attached hydrogens (tertiary/aromatic N) is 3. The molecule has 4 rings (SSSR count). The number of carbonyl (C=O) groups is 2. The van der Waals surface area contributed by atoms with Gasteiger partial charge in [0, 0.05) is 25.2 Å². The molecule has 3 aromatic rings. The molecular weight excluding hydrogens is 436 g/mol. The molecule has 0 atom stereocenters. The van der Waals surface area contributed by atoms with Crippen molar-refractivity contribution in [3.05, 3.63) is 57.6 Å². The van der Waals surface area contributed by atoms with Crippen LogP contribution in [0.25, 0.3) is 10.2 Å². The molecule has 2 heterocycles. The van der Waals surface area contributed by atoms with Crippen LogP contribution in [0.4, 0.5) is 16.5 Å². The molecule has 10 nitrogen and oxygen atoms in total. The monoisotopic (exact) mass is 456 g/mol. The number of amides is 1. The Morgan fingerprint density at radius 3 is 2.75 bits per heavy atom. The molecule has 1 amide bonds. The van der Waals surface area contributed by atoms with Gasteiger partial charge in [0.05, 0.1) is 51.8 Å². The second-order valence-electron chi connectivity index (χ2n) is 6.93. The van der Waals surface area contributed by atoms with Crippen LogP contribution in [0.5, 0.6) is 0 Å². The third-order valence-electron chi connectivity index (χ3n) is 4.91. The number of nitrogens with one attached hydrogen (secondary N) is 1. The zero-order valence-electron chi connectivity index (χ0n) is 17.2. The number of carbonyl (C=O) groups excluding carboxylic acids is 2. The Kier molecular flexibility index (Phi) is 6.28. The average Bonchev–Trinajstić information content (AvgIpc) is 3.20. The van der Waals surface area contributed by atoms with E-state index in [-0.39, 0.29) is 17.9 Å². The van der Waals surface area contributed by atoms with Crippen molar-refractivity contribution in [2.75, 3.05) is 43.1 Å². The number of aromatic nitrogens is 1. The maximum atomic E-state index is 13.1. The molecule has 0 unspecified atom stereocenters. The van der Waals surface area contributed by atoms with E-state index in [1.165, 1.54) is 23.5 Å². The van der Waals surface area contributed by atoms with Gasteiger partial charge in [-0.3, -0.25) is 20.2 Å². The van der Waals surface area contributed by atoms with Crippen LogP contribution in [-0.4, -0.2) is 54.7 Å². The van der Waals surface area contributed by atoms with Gasteiger partial charge >= 0.3 is 5.97 Å². The number of nitro groups is 1. The summed E-state index contributed by atoms with van der Waals surface area (Å²) >= 11 is 1.20. The third-order valence-corrected chi connectivity index (χ3v) is 5.84. The maximum absolute atomic E-state index is 13.1. The zero-order chi connectivity index (χ0) is 22.7.